The Hall–Kier alpha value is -2.70. The van der Waals surface area contributed by atoms with Crippen LogP contribution in [0.5, 0.6) is 0 Å². The number of hydrogen-bond acceptors (Lipinski definition) is 6. The van der Waals surface area contributed by atoms with Crippen molar-refractivity contribution in [3.8, 4) is 0 Å². The van der Waals surface area contributed by atoms with Crippen molar-refractivity contribution in [3.05, 3.63) is 36.2 Å². The number of fused-ring (bicyclic) bond motifs is 3. The standard InChI is InChI=1S/C17H19N7/c1-10-5-15(22-11(2)21-10)23-7-12-6-13(8-23)24(12)17-14-3-4-18-16(14)19-9-20-17/h3-5,9,12-13H,6-8H2,1-2H3,(H,18,19,20). The van der Waals surface area contributed by atoms with Gasteiger partial charge in [0.05, 0.1) is 17.5 Å². The Morgan fingerprint density at radius 3 is 2.75 bits per heavy atom. The van der Waals surface area contributed by atoms with Crippen molar-refractivity contribution >= 4 is 22.7 Å². The Labute approximate surface area is 139 Å². The fourth-order valence-electron chi connectivity index (χ4n) is 4.07. The lowest BCUT2D eigenvalue weighted by atomic mass is 9.87. The number of nitrogens with one attached hydrogen (secondary N) is 1. The van der Waals surface area contributed by atoms with E-state index in [9.17, 15) is 0 Å². The molecule has 0 saturated carbocycles. The molecule has 3 aliphatic heterocycles. The first-order chi connectivity index (χ1) is 11.7. The van der Waals surface area contributed by atoms with Crippen LogP contribution in [-0.2, 0) is 0 Å². The Balaban J connectivity index is 1.44. The monoisotopic (exact) mass is 321 g/mol. The number of piperidine rings is 1. The second-order valence-corrected chi connectivity index (χ2v) is 6.71. The van der Waals surface area contributed by atoms with Crippen LogP contribution >= 0.6 is 0 Å². The highest BCUT2D eigenvalue weighted by atomic mass is 15.4. The lowest BCUT2D eigenvalue weighted by molar-refractivity contribution is 0.288. The van der Waals surface area contributed by atoms with E-state index >= 15 is 0 Å². The minimum atomic E-state index is 0.479. The van der Waals surface area contributed by atoms with Crippen LogP contribution in [0.2, 0.25) is 0 Å². The molecule has 7 heteroatoms. The summed E-state index contributed by atoms with van der Waals surface area (Å²) < 4.78 is 0. The van der Waals surface area contributed by atoms with E-state index in [-0.39, 0.29) is 0 Å². The van der Waals surface area contributed by atoms with Crippen molar-refractivity contribution in [1.29, 1.82) is 0 Å². The van der Waals surface area contributed by atoms with Crippen LogP contribution in [0, 0.1) is 13.8 Å². The summed E-state index contributed by atoms with van der Waals surface area (Å²) in [6, 6.07) is 5.10. The quantitative estimate of drug-likeness (QED) is 0.776. The third kappa shape index (κ3) is 1.97. The number of H-pyrrole nitrogens is 1. The lowest BCUT2D eigenvalue weighted by Crippen LogP contribution is -2.69. The molecular weight excluding hydrogens is 302 g/mol. The smallest absolute Gasteiger partial charge is 0.142 e. The average molecular weight is 321 g/mol. The fourth-order valence-corrected chi connectivity index (χ4v) is 4.07. The number of rotatable bonds is 2. The first kappa shape index (κ1) is 13.7. The largest absolute Gasteiger partial charge is 0.352 e. The fraction of sp³-hybridized carbons (Fsp3) is 0.412. The SMILES string of the molecule is Cc1cc(N2CC3CC(C2)N3c2ncnc3[nH]ccc23)nc(C)n1. The summed E-state index contributed by atoms with van der Waals surface area (Å²) in [6.45, 7) is 5.93. The molecule has 2 bridgehead atoms. The van der Waals surface area contributed by atoms with E-state index in [1.54, 1.807) is 6.33 Å². The summed E-state index contributed by atoms with van der Waals surface area (Å²) in [4.78, 5) is 25.9. The van der Waals surface area contributed by atoms with Crippen LogP contribution < -0.4 is 9.80 Å². The van der Waals surface area contributed by atoms with Gasteiger partial charge in [0.1, 0.15) is 29.4 Å². The van der Waals surface area contributed by atoms with Gasteiger partial charge in [-0.15, -0.1) is 0 Å². The molecule has 3 aromatic heterocycles. The molecule has 0 aliphatic carbocycles. The zero-order chi connectivity index (χ0) is 16.3. The van der Waals surface area contributed by atoms with Crippen LogP contribution in [0.1, 0.15) is 17.9 Å². The van der Waals surface area contributed by atoms with Crippen LogP contribution in [-0.4, -0.2) is 50.1 Å². The number of aromatic nitrogens is 5. The van der Waals surface area contributed by atoms with Gasteiger partial charge in [0.15, 0.2) is 0 Å². The second-order valence-electron chi connectivity index (χ2n) is 6.71. The molecule has 0 spiro atoms. The molecule has 122 valence electrons. The Kier molecular flexibility index (Phi) is 2.80. The molecule has 3 saturated heterocycles. The molecule has 1 N–H and O–H groups in total. The van der Waals surface area contributed by atoms with Crippen molar-refractivity contribution < 1.29 is 0 Å². The molecule has 3 aliphatic rings. The van der Waals surface area contributed by atoms with Gasteiger partial charge < -0.3 is 14.8 Å². The minimum absolute atomic E-state index is 0.479. The first-order valence-electron chi connectivity index (χ1n) is 8.33. The van der Waals surface area contributed by atoms with E-state index in [0.717, 1.165) is 47.3 Å². The highest BCUT2D eigenvalue weighted by molar-refractivity contribution is 5.88. The van der Waals surface area contributed by atoms with Crippen molar-refractivity contribution in [2.45, 2.75) is 32.4 Å². The molecule has 6 rings (SSSR count). The summed E-state index contributed by atoms with van der Waals surface area (Å²) in [5.74, 6) is 2.94. The van der Waals surface area contributed by atoms with E-state index in [4.69, 9.17) is 0 Å². The Bertz CT molecular complexity index is 886. The number of piperazine rings is 1. The molecule has 3 fully saturated rings. The number of hydrogen-bond donors (Lipinski definition) is 1. The Morgan fingerprint density at radius 1 is 1.12 bits per heavy atom. The van der Waals surface area contributed by atoms with Crippen LogP contribution in [0.15, 0.2) is 24.7 Å². The first-order valence-corrected chi connectivity index (χ1v) is 8.33. The predicted octanol–water partition coefficient (Wildman–Crippen LogP) is 1.83. The minimum Gasteiger partial charge on any atom is -0.352 e. The van der Waals surface area contributed by atoms with Gasteiger partial charge in [-0.05, 0) is 26.3 Å². The van der Waals surface area contributed by atoms with E-state index in [1.807, 2.05) is 20.0 Å². The van der Waals surface area contributed by atoms with Gasteiger partial charge >= 0.3 is 0 Å². The number of aryl methyl sites for hydroxylation is 2. The third-order valence-electron chi connectivity index (χ3n) is 5.05. The van der Waals surface area contributed by atoms with Gasteiger partial charge in [-0.25, -0.2) is 19.9 Å². The number of nitrogens with zero attached hydrogens (tertiary/aromatic N) is 6. The van der Waals surface area contributed by atoms with Crippen LogP contribution in [0.3, 0.4) is 0 Å². The summed E-state index contributed by atoms with van der Waals surface area (Å²) in [5.41, 5.74) is 1.93. The highest BCUT2D eigenvalue weighted by Gasteiger charge is 2.46. The molecular formula is C17H19N7. The van der Waals surface area contributed by atoms with E-state index in [0.29, 0.717) is 12.1 Å². The number of aromatic amines is 1. The molecule has 24 heavy (non-hydrogen) atoms. The third-order valence-corrected chi connectivity index (χ3v) is 5.05. The topological polar surface area (TPSA) is 73.8 Å². The molecule has 2 atom stereocenters. The summed E-state index contributed by atoms with van der Waals surface area (Å²) in [6.07, 6.45) is 4.80. The highest BCUT2D eigenvalue weighted by Crippen LogP contribution is 2.39. The van der Waals surface area contributed by atoms with Gasteiger partial charge in [0, 0.05) is 31.0 Å². The molecule has 3 aromatic rings. The molecule has 7 nitrogen and oxygen atoms in total. The average Bonchev–Trinajstić information content (AvgIpc) is 3.03. The van der Waals surface area contributed by atoms with E-state index < -0.39 is 0 Å². The molecule has 2 unspecified atom stereocenters. The van der Waals surface area contributed by atoms with Crippen LogP contribution in [0.25, 0.3) is 11.0 Å². The molecule has 0 amide bonds. The van der Waals surface area contributed by atoms with Crippen molar-refractivity contribution in [2.24, 2.45) is 0 Å². The predicted molar refractivity (Wildman–Crippen MR) is 92.3 cm³/mol. The summed E-state index contributed by atoms with van der Waals surface area (Å²) >= 11 is 0. The summed E-state index contributed by atoms with van der Waals surface area (Å²) in [5, 5.41) is 1.11. The zero-order valence-corrected chi connectivity index (χ0v) is 13.8. The second kappa shape index (κ2) is 4.90. The molecule has 0 aromatic carbocycles. The van der Waals surface area contributed by atoms with Gasteiger partial charge in [-0.1, -0.05) is 0 Å². The lowest BCUT2D eigenvalue weighted by Gasteiger charge is -2.57. The molecule has 6 heterocycles. The maximum Gasteiger partial charge on any atom is 0.142 e. The van der Waals surface area contributed by atoms with Gasteiger partial charge in [0.25, 0.3) is 0 Å². The maximum absolute atomic E-state index is 4.62. The van der Waals surface area contributed by atoms with Crippen molar-refractivity contribution in [3.63, 3.8) is 0 Å². The number of anilines is 2. The molecule has 0 radical (unpaired) electrons. The van der Waals surface area contributed by atoms with Crippen LogP contribution in [0.4, 0.5) is 11.6 Å². The van der Waals surface area contributed by atoms with Gasteiger partial charge in [-0.2, -0.15) is 0 Å². The van der Waals surface area contributed by atoms with Crippen molar-refractivity contribution in [1.82, 2.24) is 24.9 Å². The van der Waals surface area contributed by atoms with Crippen molar-refractivity contribution in [2.75, 3.05) is 22.9 Å². The summed E-state index contributed by atoms with van der Waals surface area (Å²) in [7, 11) is 0. The maximum atomic E-state index is 4.62. The van der Waals surface area contributed by atoms with Gasteiger partial charge in [-0.3, -0.25) is 0 Å². The Morgan fingerprint density at radius 2 is 1.96 bits per heavy atom. The van der Waals surface area contributed by atoms with Gasteiger partial charge in [0.2, 0.25) is 0 Å². The normalized spacial score (nSPS) is 22.8. The van der Waals surface area contributed by atoms with E-state index in [2.05, 4.69) is 46.9 Å². The van der Waals surface area contributed by atoms with E-state index in [1.165, 1.54) is 6.42 Å². The zero-order valence-electron chi connectivity index (χ0n) is 13.8.